The van der Waals surface area contributed by atoms with Crippen LogP contribution in [0.15, 0.2) is 30.3 Å². The van der Waals surface area contributed by atoms with Crippen LogP contribution in [-0.2, 0) is 0 Å². The Morgan fingerprint density at radius 1 is 1.12 bits per heavy atom. The Hall–Kier alpha value is -2.41. The lowest BCUT2D eigenvalue weighted by molar-refractivity contribution is 0.0639. The number of rotatable bonds is 4. The van der Waals surface area contributed by atoms with Crippen molar-refractivity contribution in [1.29, 1.82) is 0 Å². The van der Waals surface area contributed by atoms with Gasteiger partial charge in [0.2, 0.25) is 0 Å². The van der Waals surface area contributed by atoms with Gasteiger partial charge >= 0.3 is 0 Å². The number of thiophene rings is 1. The summed E-state index contributed by atoms with van der Waals surface area (Å²) >= 11 is 1.12. The Morgan fingerprint density at radius 2 is 1.85 bits per heavy atom. The minimum Gasteiger partial charge on any atom is -0.337 e. The minimum absolute atomic E-state index is 0.109. The Morgan fingerprint density at radius 3 is 2.54 bits per heavy atom. The number of benzene rings is 1. The molecule has 1 aromatic heterocycles. The molecule has 0 N–H and O–H groups in total. The van der Waals surface area contributed by atoms with E-state index in [1.165, 1.54) is 6.92 Å². The van der Waals surface area contributed by atoms with Gasteiger partial charge in [-0.1, -0.05) is 0 Å². The lowest BCUT2D eigenvalue weighted by Crippen LogP contribution is -2.42. The molecule has 1 amide bonds. The van der Waals surface area contributed by atoms with E-state index in [0.29, 0.717) is 29.1 Å². The Bertz CT molecular complexity index is 877. The standard InChI is InChI=1S/C19H17F2NO3S/c1-11(23)16-6-7-17(26-16)19(25)22-8-2-3-12(10-22)18(24)14-9-13(20)4-5-15(14)21/h4-7,9,12H,2-3,8,10H2,1H3/t12-/m0/s1. The number of amides is 1. The molecular formula is C19H17F2NO3S. The first-order chi connectivity index (χ1) is 12.4. The van der Waals surface area contributed by atoms with Crippen LogP contribution in [0, 0.1) is 17.6 Å². The van der Waals surface area contributed by atoms with E-state index in [2.05, 4.69) is 0 Å². The van der Waals surface area contributed by atoms with E-state index in [4.69, 9.17) is 0 Å². The number of hydrogen-bond acceptors (Lipinski definition) is 4. The van der Waals surface area contributed by atoms with Crippen molar-refractivity contribution >= 4 is 28.8 Å². The number of nitrogens with zero attached hydrogens (tertiary/aromatic N) is 1. The maximum Gasteiger partial charge on any atom is 0.263 e. The van der Waals surface area contributed by atoms with Crippen LogP contribution >= 0.6 is 11.3 Å². The van der Waals surface area contributed by atoms with Gasteiger partial charge in [0.15, 0.2) is 11.6 Å². The second-order valence-corrected chi connectivity index (χ2v) is 7.38. The van der Waals surface area contributed by atoms with Gasteiger partial charge in [0.05, 0.1) is 15.3 Å². The molecule has 1 aliphatic rings. The molecule has 2 heterocycles. The molecule has 136 valence electrons. The van der Waals surface area contributed by atoms with Gasteiger partial charge in [-0.2, -0.15) is 0 Å². The Kier molecular flexibility index (Phi) is 5.27. The average molecular weight is 377 g/mol. The van der Waals surface area contributed by atoms with Crippen molar-refractivity contribution in [1.82, 2.24) is 4.90 Å². The number of carbonyl (C=O) groups is 3. The second kappa shape index (κ2) is 7.45. The van der Waals surface area contributed by atoms with Crippen molar-refractivity contribution in [2.75, 3.05) is 13.1 Å². The van der Waals surface area contributed by atoms with Crippen LogP contribution in [0.3, 0.4) is 0 Å². The molecule has 0 saturated carbocycles. The highest BCUT2D eigenvalue weighted by atomic mass is 32.1. The summed E-state index contributed by atoms with van der Waals surface area (Å²) in [6.07, 6.45) is 1.12. The van der Waals surface area contributed by atoms with Crippen molar-refractivity contribution in [3.05, 3.63) is 57.3 Å². The molecule has 3 rings (SSSR count). The summed E-state index contributed by atoms with van der Waals surface area (Å²) in [4.78, 5) is 39.1. The van der Waals surface area contributed by atoms with E-state index in [0.717, 1.165) is 29.5 Å². The Labute approximate surface area is 153 Å². The van der Waals surface area contributed by atoms with Gasteiger partial charge in [-0.25, -0.2) is 8.78 Å². The molecule has 0 aliphatic carbocycles. The summed E-state index contributed by atoms with van der Waals surface area (Å²) in [5.41, 5.74) is -0.278. The molecule has 7 heteroatoms. The first kappa shape index (κ1) is 18.4. The topological polar surface area (TPSA) is 54.5 Å². The molecule has 1 aliphatic heterocycles. The summed E-state index contributed by atoms with van der Waals surface area (Å²) in [6, 6.07) is 6.00. The van der Waals surface area contributed by atoms with Gasteiger partial charge in [-0.05, 0) is 50.1 Å². The highest BCUT2D eigenvalue weighted by Gasteiger charge is 2.31. The van der Waals surface area contributed by atoms with E-state index in [1.807, 2.05) is 0 Å². The third-order valence-electron chi connectivity index (χ3n) is 4.44. The highest BCUT2D eigenvalue weighted by Crippen LogP contribution is 2.26. The Balaban J connectivity index is 1.76. The molecule has 0 spiro atoms. The minimum atomic E-state index is -0.760. The van der Waals surface area contributed by atoms with Crippen molar-refractivity contribution in [2.45, 2.75) is 19.8 Å². The normalized spacial score (nSPS) is 17.2. The van der Waals surface area contributed by atoms with E-state index >= 15 is 0 Å². The van der Waals surface area contributed by atoms with Crippen LogP contribution in [0.4, 0.5) is 8.78 Å². The summed E-state index contributed by atoms with van der Waals surface area (Å²) < 4.78 is 27.2. The van der Waals surface area contributed by atoms with E-state index in [9.17, 15) is 23.2 Å². The highest BCUT2D eigenvalue weighted by molar-refractivity contribution is 7.15. The fraction of sp³-hybridized carbons (Fsp3) is 0.316. The average Bonchev–Trinajstić information content (AvgIpc) is 3.13. The van der Waals surface area contributed by atoms with E-state index in [-0.39, 0.29) is 23.8 Å². The molecule has 1 saturated heterocycles. The molecule has 0 bridgehead atoms. The molecule has 4 nitrogen and oxygen atoms in total. The first-order valence-electron chi connectivity index (χ1n) is 8.26. The smallest absolute Gasteiger partial charge is 0.263 e. The van der Waals surface area contributed by atoms with Crippen LogP contribution in [0.5, 0.6) is 0 Å². The van der Waals surface area contributed by atoms with Crippen LogP contribution < -0.4 is 0 Å². The van der Waals surface area contributed by atoms with E-state index in [1.54, 1.807) is 17.0 Å². The number of hydrogen-bond donors (Lipinski definition) is 0. The van der Waals surface area contributed by atoms with Crippen LogP contribution in [-0.4, -0.2) is 35.5 Å². The van der Waals surface area contributed by atoms with Crippen molar-refractivity contribution in [2.24, 2.45) is 5.92 Å². The molecule has 0 radical (unpaired) electrons. The summed E-state index contributed by atoms with van der Waals surface area (Å²) in [6.45, 7) is 2.08. The SMILES string of the molecule is CC(=O)c1ccc(C(=O)N2CCC[C@H](C(=O)c3cc(F)ccc3F)C2)s1. The maximum atomic E-state index is 13.9. The number of carbonyl (C=O) groups excluding carboxylic acids is 3. The lowest BCUT2D eigenvalue weighted by atomic mass is 9.89. The third kappa shape index (κ3) is 3.72. The molecule has 26 heavy (non-hydrogen) atoms. The summed E-state index contributed by atoms with van der Waals surface area (Å²) in [7, 11) is 0. The van der Waals surface area contributed by atoms with Gasteiger partial charge < -0.3 is 4.90 Å². The van der Waals surface area contributed by atoms with Gasteiger partial charge in [-0.3, -0.25) is 14.4 Å². The molecule has 1 atom stereocenters. The molecular weight excluding hydrogens is 360 g/mol. The van der Waals surface area contributed by atoms with Crippen molar-refractivity contribution in [3.8, 4) is 0 Å². The number of Topliss-reactive ketones (excluding diaryl/α,β-unsaturated/α-hetero) is 2. The largest absolute Gasteiger partial charge is 0.337 e. The van der Waals surface area contributed by atoms with Crippen LogP contribution in [0.1, 0.15) is 49.5 Å². The monoisotopic (exact) mass is 377 g/mol. The zero-order chi connectivity index (χ0) is 18.8. The number of halogens is 2. The lowest BCUT2D eigenvalue weighted by Gasteiger charge is -2.31. The van der Waals surface area contributed by atoms with Crippen LogP contribution in [0.25, 0.3) is 0 Å². The van der Waals surface area contributed by atoms with Gasteiger partial charge in [0.1, 0.15) is 11.6 Å². The number of piperidine rings is 1. The molecule has 2 aromatic rings. The van der Waals surface area contributed by atoms with Crippen molar-refractivity contribution < 1.29 is 23.2 Å². The predicted molar refractivity (Wildman–Crippen MR) is 93.6 cm³/mol. The maximum absolute atomic E-state index is 13.9. The van der Waals surface area contributed by atoms with E-state index < -0.39 is 23.3 Å². The molecule has 1 aromatic carbocycles. The first-order valence-corrected chi connectivity index (χ1v) is 9.08. The number of likely N-dealkylation sites (tertiary alicyclic amines) is 1. The zero-order valence-electron chi connectivity index (χ0n) is 14.1. The molecule has 0 unspecified atom stereocenters. The fourth-order valence-corrected chi connectivity index (χ4v) is 3.95. The predicted octanol–water partition coefficient (Wildman–Crippen LogP) is 3.96. The summed E-state index contributed by atoms with van der Waals surface area (Å²) in [5.74, 6) is -2.86. The van der Waals surface area contributed by atoms with Gasteiger partial charge in [0, 0.05) is 19.0 Å². The van der Waals surface area contributed by atoms with Crippen LogP contribution in [0.2, 0.25) is 0 Å². The quantitative estimate of drug-likeness (QED) is 0.758. The van der Waals surface area contributed by atoms with Crippen molar-refractivity contribution in [3.63, 3.8) is 0 Å². The third-order valence-corrected chi connectivity index (χ3v) is 5.61. The van der Waals surface area contributed by atoms with Gasteiger partial charge in [0.25, 0.3) is 5.91 Å². The number of ketones is 2. The van der Waals surface area contributed by atoms with Gasteiger partial charge in [-0.15, -0.1) is 11.3 Å². The second-order valence-electron chi connectivity index (χ2n) is 6.30. The fourth-order valence-electron chi connectivity index (χ4n) is 3.08. The zero-order valence-corrected chi connectivity index (χ0v) is 14.9. The molecule has 1 fully saturated rings. The summed E-state index contributed by atoms with van der Waals surface area (Å²) in [5, 5.41) is 0.